The van der Waals surface area contributed by atoms with E-state index in [0.29, 0.717) is 21.2 Å². The van der Waals surface area contributed by atoms with Crippen LogP contribution in [0.25, 0.3) is 10.4 Å². The van der Waals surface area contributed by atoms with Crippen LogP contribution >= 0.6 is 22.9 Å². The Bertz CT molecular complexity index is 985. The maximum atomic E-state index is 11.9. The molecule has 0 fully saturated rings. The van der Waals surface area contributed by atoms with E-state index in [0.717, 1.165) is 21.2 Å². The van der Waals surface area contributed by atoms with E-state index in [9.17, 15) is 18.7 Å². The molecule has 0 spiro atoms. The van der Waals surface area contributed by atoms with E-state index in [1.807, 2.05) is 0 Å². The molecule has 0 saturated heterocycles. The predicted molar refractivity (Wildman–Crippen MR) is 104 cm³/mol. The zero-order valence-corrected chi connectivity index (χ0v) is 15.9. The van der Waals surface area contributed by atoms with Crippen LogP contribution in [0.3, 0.4) is 0 Å². The van der Waals surface area contributed by atoms with Crippen LogP contribution in [0.15, 0.2) is 54.6 Å². The first-order valence-corrected chi connectivity index (χ1v) is 9.69. The Morgan fingerprint density at radius 2 is 1.81 bits per heavy atom. The van der Waals surface area contributed by atoms with E-state index in [-0.39, 0.29) is 10.6 Å². The van der Waals surface area contributed by atoms with Crippen LogP contribution in [0.2, 0.25) is 5.02 Å². The van der Waals surface area contributed by atoms with Gasteiger partial charge in [-0.3, -0.25) is 8.51 Å². The lowest BCUT2D eigenvalue weighted by Gasteiger charge is -2.27. The maximum Gasteiger partial charge on any atom is 0.348 e. The fourth-order valence-electron chi connectivity index (χ4n) is 2.52. The first-order chi connectivity index (χ1) is 12.4. The van der Waals surface area contributed by atoms with Gasteiger partial charge < -0.3 is 9.66 Å². The molecule has 134 valence electrons. The zero-order valence-electron chi connectivity index (χ0n) is 13.5. The van der Waals surface area contributed by atoms with E-state index in [4.69, 9.17) is 11.6 Å². The topological polar surface area (TPSA) is 80.7 Å². The third kappa shape index (κ3) is 3.66. The molecule has 0 saturated carbocycles. The first kappa shape index (κ1) is 18.6. The van der Waals surface area contributed by atoms with Crippen molar-refractivity contribution in [3.05, 3.63) is 70.1 Å². The summed E-state index contributed by atoms with van der Waals surface area (Å²) in [6.45, 7) is 1.77. The summed E-state index contributed by atoms with van der Waals surface area (Å²) in [6, 6.07) is 15.4. The smallest absolute Gasteiger partial charge is 0.348 e. The van der Waals surface area contributed by atoms with Crippen LogP contribution in [0.5, 0.6) is 0 Å². The van der Waals surface area contributed by atoms with Gasteiger partial charge in [-0.1, -0.05) is 41.9 Å². The highest BCUT2D eigenvalue weighted by molar-refractivity contribution is 7.81. The van der Waals surface area contributed by atoms with E-state index in [2.05, 4.69) is 0 Å². The summed E-state index contributed by atoms with van der Waals surface area (Å²) in [6.07, 6.45) is 0. The van der Waals surface area contributed by atoms with Gasteiger partial charge in [0, 0.05) is 9.90 Å². The second kappa shape index (κ2) is 7.59. The molecule has 26 heavy (non-hydrogen) atoms. The van der Waals surface area contributed by atoms with Crippen molar-refractivity contribution in [1.82, 2.24) is 0 Å². The van der Waals surface area contributed by atoms with Gasteiger partial charge in [0.1, 0.15) is 4.88 Å². The normalized spacial score (nSPS) is 12.0. The number of hydrogen-bond donors (Lipinski definition) is 1. The van der Waals surface area contributed by atoms with Crippen molar-refractivity contribution >= 4 is 51.5 Å². The van der Waals surface area contributed by atoms with Crippen molar-refractivity contribution in [2.75, 3.05) is 4.31 Å². The molecule has 0 aliphatic carbocycles. The van der Waals surface area contributed by atoms with Crippen LogP contribution in [0, 0.1) is 6.92 Å². The maximum absolute atomic E-state index is 11.9. The van der Waals surface area contributed by atoms with Crippen LogP contribution in [0.1, 0.15) is 15.2 Å². The summed E-state index contributed by atoms with van der Waals surface area (Å²) in [7, 11) is 0. The van der Waals surface area contributed by atoms with Crippen LogP contribution in [0.4, 0.5) is 11.4 Å². The highest BCUT2D eigenvalue weighted by Crippen LogP contribution is 2.41. The molecule has 0 aliphatic heterocycles. The Kier molecular flexibility index (Phi) is 5.43. The molecule has 1 unspecified atom stereocenters. The summed E-state index contributed by atoms with van der Waals surface area (Å²) >= 11 is 4.23. The third-order valence-corrected chi connectivity index (χ3v) is 5.84. The molecule has 1 aromatic heterocycles. The Morgan fingerprint density at radius 3 is 2.38 bits per heavy atom. The number of aromatic carboxylic acids is 1. The number of hydrogen-bond acceptors (Lipinski definition) is 4. The molecule has 3 rings (SSSR count). The molecule has 0 amide bonds. The number of anilines is 2. The number of benzene rings is 2. The molecule has 0 bridgehead atoms. The minimum absolute atomic E-state index is 0.0533. The number of carbonyl (C=O) groups is 1. The van der Waals surface area contributed by atoms with E-state index >= 15 is 0 Å². The lowest BCUT2D eigenvalue weighted by atomic mass is 10.1. The molecule has 1 heterocycles. The summed E-state index contributed by atoms with van der Waals surface area (Å²) in [5.41, 5.74) is 1.99. The van der Waals surface area contributed by atoms with Crippen molar-refractivity contribution in [3.8, 4) is 10.4 Å². The van der Waals surface area contributed by atoms with Crippen LogP contribution in [-0.4, -0.2) is 19.8 Å². The summed E-state index contributed by atoms with van der Waals surface area (Å²) in [5.74, 6) is -1.19. The van der Waals surface area contributed by atoms with Crippen molar-refractivity contribution < 1.29 is 18.7 Å². The minimum atomic E-state index is -2.68. The predicted octanol–water partition coefficient (Wildman–Crippen LogP) is 5.01. The summed E-state index contributed by atoms with van der Waals surface area (Å²) < 4.78 is 24.9. The quantitative estimate of drug-likeness (QED) is 0.604. The molecule has 8 heteroatoms. The minimum Gasteiger partial charge on any atom is -0.755 e. The average Bonchev–Trinajstić information content (AvgIpc) is 3.02. The van der Waals surface area contributed by atoms with Gasteiger partial charge >= 0.3 is 5.97 Å². The lowest BCUT2D eigenvalue weighted by molar-refractivity contribution is 0.0703. The summed E-state index contributed by atoms with van der Waals surface area (Å²) in [4.78, 5) is 12.3. The molecule has 0 aliphatic rings. The number of carboxylic acid groups (broad SMARTS) is 1. The third-order valence-electron chi connectivity index (χ3n) is 3.74. The molecule has 0 radical (unpaired) electrons. The summed E-state index contributed by atoms with van der Waals surface area (Å²) in [5, 5.41) is 10.1. The van der Waals surface area contributed by atoms with Crippen molar-refractivity contribution in [2.24, 2.45) is 0 Å². The Hall–Kier alpha value is -2.19. The lowest BCUT2D eigenvalue weighted by Crippen LogP contribution is -2.21. The highest BCUT2D eigenvalue weighted by atomic mass is 35.5. The van der Waals surface area contributed by atoms with Crippen LogP contribution in [-0.2, 0) is 11.3 Å². The van der Waals surface area contributed by atoms with Gasteiger partial charge in [0.15, 0.2) is 0 Å². The average molecular weight is 407 g/mol. The Morgan fingerprint density at radius 1 is 1.15 bits per heavy atom. The molecule has 1 atom stereocenters. The SMILES string of the molecule is Cc1ccccc1N(c1cc(-c2ccc(Cl)cc2)sc1C(=O)O)S(=O)[O-]. The molecular weight excluding hydrogens is 394 g/mol. The van der Waals surface area contributed by atoms with Gasteiger partial charge in [-0.05, 0) is 42.3 Å². The number of thiophene rings is 1. The monoisotopic (exact) mass is 406 g/mol. The van der Waals surface area contributed by atoms with E-state index < -0.39 is 17.2 Å². The molecule has 5 nitrogen and oxygen atoms in total. The van der Waals surface area contributed by atoms with E-state index in [1.54, 1.807) is 61.5 Å². The van der Waals surface area contributed by atoms with E-state index in [1.165, 1.54) is 0 Å². The fraction of sp³-hybridized carbons (Fsp3) is 0.0556. The van der Waals surface area contributed by atoms with Crippen molar-refractivity contribution in [3.63, 3.8) is 0 Å². The second-order valence-electron chi connectivity index (χ2n) is 5.44. The number of rotatable bonds is 5. The number of aryl methyl sites for hydroxylation is 1. The van der Waals surface area contributed by atoms with Gasteiger partial charge in [-0.2, -0.15) is 0 Å². The fourth-order valence-corrected chi connectivity index (χ4v) is 4.36. The standard InChI is InChI=1S/C18H14ClNO4S2/c1-11-4-2-3-5-14(11)20(26(23)24)15-10-16(25-17(15)18(21)22)12-6-8-13(19)9-7-12/h2-10H,1H3,(H,21,22)(H,23,24)/p-1. The first-order valence-electron chi connectivity index (χ1n) is 7.46. The Labute approximate surface area is 161 Å². The van der Waals surface area contributed by atoms with Gasteiger partial charge in [0.25, 0.3) is 0 Å². The van der Waals surface area contributed by atoms with Gasteiger partial charge in [-0.15, -0.1) is 11.3 Å². The zero-order chi connectivity index (χ0) is 18.8. The molecular formula is C18H13ClNO4S2-. The molecule has 2 aromatic carbocycles. The second-order valence-corrected chi connectivity index (χ2v) is 7.72. The Balaban J connectivity index is 2.18. The molecule has 3 aromatic rings. The molecule has 1 N–H and O–H groups in total. The van der Waals surface area contributed by atoms with Gasteiger partial charge in [0.05, 0.1) is 22.6 Å². The van der Waals surface area contributed by atoms with Crippen molar-refractivity contribution in [1.29, 1.82) is 0 Å². The van der Waals surface area contributed by atoms with Gasteiger partial charge in [-0.25, -0.2) is 4.79 Å². The van der Waals surface area contributed by atoms with Gasteiger partial charge in [0.2, 0.25) is 0 Å². The largest absolute Gasteiger partial charge is 0.755 e. The van der Waals surface area contributed by atoms with Crippen LogP contribution < -0.4 is 4.31 Å². The highest BCUT2D eigenvalue weighted by Gasteiger charge is 2.24. The number of nitrogens with zero attached hydrogens (tertiary/aromatic N) is 1. The number of para-hydroxylation sites is 1. The van der Waals surface area contributed by atoms with Crippen molar-refractivity contribution in [2.45, 2.75) is 6.92 Å². The number of halogens is 1. The number of carboxylic acids is 1.